The van der Waals surface area contributed by atoms with Crippen LogP contribution in [0, 0.1) is 13.8 Å². The molecule has 0 radical (unpaired) electrons. The van der Waals surface area contributed by atoms with Gasteiger partial charge in [0, 0.05) is 28.5 Å². The average molecular weight is 737 g/mol. The maximum absolute atomic E-state index is 14.7. The molecule has 0 saturated heterocycles. The van der Waals surface area contributed by atoms with E-state index in [1.807, 2.05) is 61.5 Å². The zero-order chi connectivity index (χ0) is 33.6. The molecule has 246 valence electrons. The van der Waals surface area contributed by atoms with Gasteiger partial charge < -0.3 is 10.2 Å². The first-order valence-corrected chi connectivity index (χ1v) is 18.4. The van der Waals surface area contributed by atoms with Crippen molar-refractivity contribution in [3.05, 3.63) is 129 Å². The highest BCUT2D eigenvalue weighted by molar-refractivity contribution is 9.10. The fraction of sp³-hybridized carbons (Fsp3) is 0.297. The number of carbonyl (C=O) groups is 2. The molecule has 0 unspecified atom stereocenters. The molecule has 4 aromatic rings. The fourth-order valence-corrected chi connectivity index (χ4v) is 8.06. The summed E-state index contributed by atoms with van der Waals surface area (Å²) in [5.74, 6) is -0.765. The van der Waals surface area contributed by atoms with Gasteiger partial charge >= 0.3 is 0 Å². The molecular weight excluding hydrogens is 698 g/mol. The molecule has 1 saturated carbocycles. The van der Waals surface area contributed by atoms with E-state index >= 15 is 0 Å². The number of amides is 2. The molecule has 0 aromatic heterocycles. The summed E-state index contributed by atoms with van der Waals surface area (Å²) in [7, 11) is -4.22. The van der Waals surface area contributed by atoms with Crippen LogP contribution < -0.4 is 9.62 Å². The standard InChI is InChI=1S/C37H39BrClN3O4S/c1-26-18-20-32(21-19-26)47(45,46)42(34-17-9-16-33(39)27(34)2)25-36(43)41(24-29-12-8-13-30(38)22-29)35(23-28-10-4-3-5-11-28)37(44)40-31-14-6-7-15-31/h3-5,8-13,16-22,31,35H,6-7,14-15,23-25H2,1-2H3,(H,40,44)/t35-/m1/s1. The first-order chi connectivity index (χ1) is 22.5. The largest absolute Gasteiger partial charge is 0.352 e. The topological polar surface area (TPSA) is 86.8 Å². The van der Waals surface area contributed by atoms with Crippen LogP contribution in [0.4, 0.5) is 5.69 Å². The number of hydrogen-bond acceptors (Lipinski definition) is 4. The predicted molar refractivity (Wildman–Crippen MR) is 191 cm³/mol. The molecule has 1 aliphatic rings. The SMILES string of the molecule is Cc1ccc(S(=O)(=O)N(CC(=O)N(Cc2cccc(Br)c2)[C@H](Cc2ccccc2)C(=O)NC2CCCC2)c2cccc(Cl)c2C)cc1. The maximum Gasteiger partial charge on any atom is 0.264 e. The van der Waals surface area contributed by atoms with Crippen LogP contribution in [-0.2, 0) is 32.6 Å². The van der Waals surface area contributed by atoms with Crippen molar-refractivity contribution >= 4 is 55.1 Å². The van der Waals surface area contributed by atoms with E-state index in [9.17, 15) is 18.0 Å². The number of anilines is 1. The van der Waals surface area contributed by atoms with Crippen LogP contribution in [0.15, 0.2) is 106 Å². The summed E-state index contributed by atoms with van der Waals surface area (Å²) in [5, 5.41) is 3.58. The number of rotatable bonds is 12. The van der Waals surface area contributed by atoms with E-state index in [1.54, 1.807) is 37.3 Å². The molecule has 1 aliphatic carbocycles. The molecule has 1 N–H and O–H groups in total. The van der Waals surface area contributed by atoms with Gasteiger partial charge in [0.1, 0.15) is 12.6 Å². The summed E-state index contributed by atoms with van der Waals surface area (Å²) in [6, 6.07) is 27.8. The second kappa shape index (κ2) is 15.5. The van der Waals surface area contributed by atoms with Gasteiger partial charge in [0.25, 0.3) is 10.0 Å². The highest BCUT2D eigenvalue weighted by atomic mass is 79.9. The van der Waals surface area contributed by atoms with E-state index in [1.165, 1.54) is 17.0 Å². The van der Waals surface area contributed by atoms with E-state index in [0.29, 0.717) is 16.3 Å². The zero-order valence-corrected chi connectivity index (χ0v) is 29.7. The molecule has 0 spiro atoms. The van der Waals surface area contributed by atoms with E-state index in [0.717, 1.165) is 51.2 Å². The number of hydrogen-bond donors (Lipinski definition) is 1. The molecule has 1 atom stereocenters. The highest BCUT2D eigenvalue weighted by Gasteiger charge is 2.36. The normalized spacial score (nSPS) is 14.0. The van der Waals surface area contributed by atoms with E-state index in [2.05, 4.69) is 21.2 Å². The van der Waals surface area contributed by atoms with Crippen LogP contribution in [0.1, 0.15) is 47.9 Å². The Bertz CT molecular complexity index is 1810. The minimum Gasteiger partial charge on any atom is -0.352 e. The molecule has 0 bridgehead atoms. The average Bonchev–Trinajstić information content (AvgIpc) is 3.56. The second-order valence-electron chi connectivity index (χ2n) is 12.1. The van der Waals surface area contributed by atoms with Crippen LogP contribution in [0.2, 0.25) is 5.02 Å². The number of nitrogens with zero attached hydrogens (tertiary/aromatic N) is 2. The Balaban J connectivity index is 1.59. The second-order valence-corrected chi connectivity index (χ2v) is 15.2. The monoisotopic (exact) mass is 735 g/mol. The van der Waals surface area contributed by atoms with Crippen molar-refractivity contribution in [2.45, 2.75) is 69.5 Å². The minimum absolute atomic E-state index is 0.0381. The first-order valence-electron chi connectivity index (χ1n) is 15.8. The highest BCUT2D eigenvalue weighted by Crippen LogP contribution is 2.32. The maximum atomic E-state index is 14.7. The lowest BCUT2D eigenvalue weighted by Gasteiger charge is -2.34. The smallest absolute Gasteiger partial charge is 0.264 e. The van der Waals surface area contributed by atoms with Gasteiger partial charge in [-0.2, -0.15) is 0 Å². The Labute approximate surface area is 291 Å². The van der Waals surface area contributed by atoms with Gasteiger partial charge in [0.15, 0.2) is 0 Å². The van der Waals surface area contributed by atoms with Crippen molar-refractivity contribution in [3.8, 4) is 0 Å². The lowest BCUT2D eigenvalue weighted by molar-refractivity contribution is -0.140. The molecule has 0 aliphatic heterocycles. The molecule has 0 heterocycles. The van der Waals surface area contributed by atoms with Gasteiger partial charge in [-0.05, 0) is 79.8 Å². The Morgan fingerprint density at radius 2 is 1.55 bits per heavy atom. The van der Waals surface area contributed by atoms with Crippen LogP contribution in [0.25, 0.3) is 0 Å². The summed E-state index contributed by atoms with van der Waals surface area (Å²) < 4.78 is 30.6. The van der Waals surface area contributed by atoms with Crippen LogP contribution in [0.3, 0.4) is 0 Å². The quantitative estimate of drug-likeness (QED) is 0.162. The zero-order valence-electron chi connectivity index (χ0n) is 26.5. The predicted octanol–water partition coefficient (Wildman–Crippen LogP) is 7.61. The molecule has 10 heteroatoms. The number of aryl methyl sites for hydroxylation is 1. The van der Waals surface area contributed by atoms with Gasteiger partial charge in [-0.15, -0.1) is 0 Å². The summed E-state index contributed by atoms with van der Waals surface area (Å²) in [6.45, 7) is 3.17. The van der Waals surface area contributed by atoms with Crippen LogP contribution >= 0.6 is 27.5 Å². The van der Waals surface area contributed by atoms with E-state index in [4.69, 9.17) is 11.6 Å². The van der Waals surface area contributed by atoms with Crippen molar-refractivity contribution in [1.29, 1.82) is 0 Å². The molecule has 4 aromatic carbocycles. The number of sulfonamides is 1. The number of nitrogens with one attached hydrogen (secondary N) is 1. The Hall–Kier alpha value is -3.66. The van der Waals surface area contributed by atoms with Gasteiger partial charge in [0.2, 0.25) is 11.8 Å². The van der Waals surface area contributed by atoms with Gasteiger partial charge in [-0.25, -0.2) is 8.42 Å². The Morgan fingerprint density at radius 3 is 2.23 bits per heavy atom. The third kappa shape index (κ3) is 8.63. The van der Waals surface area contributed by atoms with E-state index < -0.39 is 28.5 Å². The van der Waals surface area contributed by atoms with Gasteiger partial charge in [-0.3, -0.25) is 13.9 Å². The number of carbonyl (C=O) groups excluding carboxylic acids is 2. The van der Waals surface area contributed by atoms with Crippen molar-refractivity contribution in [2.75, 3.05) is 10.8 Å². The fourth-order valence-electron chi connectivity index (χ4n) is 5.97. The van der Waals surface area contributed by atoms with Crippen molar-refractivity contribution < 1.29 is 18.0 Å². The lowest BCUT2D eigenvalue weighted by Crippen LogP contribution is -2.54. The van der Waals surface area contributed by atoms with E-state index in [-0.39, 0.29) is 29.8 Å². The third-order valence-electron chi connectivity index (χ3n) is 8.61. The summed E-state index contributed by atoms with van der Waals surface area (Å²) in [4.78, 5) is 30.4. The lowest BCUT2D eigenvalue weighted by atomic mass is 10.0. The van der Waals surface area contributed by atoms with Gasteiger partial charge in [0.05, 0.1) is 10.6 Å². The Kier molecular flexibility index (Phi) is 11.4. The molecule has 47 heavy (non-hydrogen) atoms. The molecule has 2 amide bonds. The first kappa shape index (κ1) is 34.7. The summed E-state index contributed by atoms with van der Waals surface area (Å²) in [6.07, 6.45) is 4.12. The molecule has 1 fully saturated rings. The summed E-state index contributed by atoms with van der Waals surface area (Å²) >= 11 is 10.0. The summed E-state index contributed by atoms with van der Waals surface area (Å²) in [5.41, 5.74) is 3.41. The number of benzene rings is 4. The molecule has 5 rings (SSSR count). The van der Waals surface area contributed by atoms with Gasteiger partial charge in [-0.1, -0.05) is 107 Å². The Morgan fingerprint density at radius 1 is 0.894 bits per heavy atom. The molecule has 7 nitrogen and oxygen atoms in total. The van der Waals surface area contributed by atoms with Crippen LogP contribution in [-0.4, -0.2) is 43.8 Å². The van der Waals surface area contributed by atoms with Crippen molar-refractivity contribution in [2.24, 2.45) is 0 Å². The van der Waals surface area contributed by atoms with Crippen molar-refractivity contribution in [3.63, 3.8) is 0 Å². The molecular formula is C37H39BrClN3O4S. The number of halogens is 2. The minimum atomic E-state index is -4.22. The van der Waals surface area contributed by atoms with Crippen LogP contribution in [0.5, 0.6) is 0 Å². The van der Waals surface area contributed by atoms with Crippen molar-refractivity contribution in [1.82, 2.24) is 10.2 Å². The third-order valence-corrected chi connectivity index (χ3v) is 11.3.